The van der Waals surface area contributed by atoms with Crippen LogP contribution in [0.1, 0.15) is 25.3 Å². The molecule has 1 aliphatic rings. The Morgan fingerprint density at radius 1 is 1.38 bits per heavy atom. The van der Waals surface area contributed by atoms with Crippen molar-refractivity contribution in [3.8, 4) is 5.75 Å². The molecule has 1 aromatic carbocycles. The maximum Gasteiger partial charge on any atom is 0.310 e. The van der Waals surface area contributed by atoms with Crippen LogP contribution < -0.4 is 10.1 Å². The standard InChI is InChI=1S/C15H23N3O3/c1-2-16-12-13-5-6-14(18(19)20)15(11-13)21-10-9-17-7-3-4-8-17/h5-6,11,16H,2-4,7-10,12H2,1H3. The number of nitrogens with one attached hydrogen (secondary N) is 1. The van der Waals surface area contributed by atoms with E-state index in [-0.39, 0.29) is 10.6 Å². The molecule has 6 heteroatoms. The Balaban J connectivity index is 1.97. The van der Waals surface area contributed by atoms with Gasteiger partial charge in [-0.2, -0.15) is 0 Å². The molecule has 0 saturated carbocycles. The van der Waals surface area contributed by atoms with Crippen LogP contribution >= 0.6 is 0 Å². The Morgan fingerprint density at radius 2 is 2.14 bits per heavy atom. The summed E-state index contributed by atoms with van der Waals surface area (Å²) in [5.74, 6) is 0.370. The van der Waals surface area contributed by atoms with Crippen molar-refractivity contribution in [2.24, 2.45) is 0 Å². The molecule has 1 saturated heterocycles. The van der Waals surface area contributed by atoms with E-state index in [1.54, 1.807) is 12.1 Å². The van der Waals surface area contributed by atoms with Crippen molar-refractivity contribution < 1.29 is 9.66 Å². The van der Waals surface area contributed by atoms with Gasteiger partial charge in [-0.05, 0) is 44.1 Å². The highest BCUT2D eigenvalue weighted by Crippen LogP contribution is 2.28. The zero-order chi connectivity index (χ0) is 15.1. The van der Waals surface area contributed by atoms with E-state index in [0.717, 1.165) is 31.7 Å². The first-order chi connectivity index (χ1) is 10.2. The number of nitro benzene ring substituents is 1. The summed E-state index contributed by atoms with van der Waals surface area (Å²) >= 11 is 0. The van der Waals surface area contributed by atoms with Crippen LogP contribution in [0.4, 0.5) is 5.69 Å². The van der Waals surface area contributed by atoms with Gasteiger partial charge in [-0.1, -0.05) is 13.0 Å². The molecule has 1 heterocycles. The van der Waals surface area contributed by atoms with Crippen molar-refractivity contribution in [1.82, 2.24) is 10.2 Å². The zero-order valence-electron chi connectivity index (χ0n) is 12.5. The van der Waals surface area contributed by atoms with Gasteiger partial charge in [-0.3, -0.25) is 15.0 Å². The van der Waals surface area contributed by atoms with Crippen LogP contribution in [0.2, 0.25) is 0 Å². The maximum atomic E-state index is 11.1. The molecule has 0 atom stereocenters. The van der Waals surface area contributed by atoms with Gasteiger partial charge in [0.25, 0.3) is 0 Å². The highest BCUT2D eigenvalue weighted by molar-refractivity contribution is 5.48. The largest absolute Gasteiger partial charge is 0.485 e. The van der Waals surface area contributed by atoms with Gasteiger partial charge >= 0.3 is 5.69 Å². The lowest BCUT2D eigenvalue weighted by molar-refractivity contribution is -0.385. The predicted octanol–water partition coefficient (Wildman–Crippen LogP) is 2.18. The smallest absolute Gasteiger partial charge is 0.310 e. The molecule has 0 amide bonds. The minimum absolute atomic E-state index is 0.0386. The third-order valence-electron chi connectivity index (χ3n) is 3.66. The molecular weight excluding hydrogens is 270 g/mol. The van der Waals surface area contributed by atoms with E-state index in [0.29, 0.717) is 18.9 Å². The summed E-state index contributed by atoms with van der Waals surface area (Å²) in [6, 6.07) is 5.07. The fraction of sp³-hybridized carbons (Fsp3) is 0.600. The lowest BCUT2D eigenvalue weighted by Crippen LogP contribution is -2.25. The molecule has 0 radical (unpaired) electrons. The SMILES string of the molecule is CCNCc1ccc([N+](=O)[O-])c(OCCN2CCCC2)c1. The van der Waals surface area contributed by atoms with E-state index in [1.807, 2.05) is 6.92 Å². The fourth-order valence-electron chi connectivity index (χ4n) is 2.50. The van der Waals surface area contributed by atoms with Crippen LogP contribution in [-0.4, -0.2) is 42.6 Å². The highest BCUT2D eigenvalue weighted by Gasteiger charge is 2.17. The zero-order valence-corrected chi connectivity index (χ0v) is 12.5. The van der Waals surface area contributed by atoms with Gasteiger partial charge in [-0.15, -0.1) is 0 Å². The van der Waals surface area contributed by atoms with Crippen molar-refractivity contribution in [1.29, 1.82) is 0 Å². The summed E-state index contributed by atoms with van der Waals surface area (Å²) in [5, 5.41) is 14.3. The van der Waals surface area contributed by atoms with Crippen LogP contribution in [0, 0.1) is 10.1 Å². The van der Waals surface area contributed by atoms with E-state index in [9.17, 15) is 10.1 Å². The fourth-order valence-corrected chi connectivity index (χ4v) is 2.50. The van der Waals surface area contributed by atoms with Crippen molar-refractivity contribution in [2.75, 3.05) is 32.8 Å². The van der Waals surface area contributed by atoms with Crippen molar-refractivity contribution in [3.05, 3.63) is 33.9 Å². The molecule has 2 rings (SSSR count). The predicted molar refractivity (Wildman–Crippen MR) is 81.6 cm³/mol. The third kappa shape index (κ3) is 4.68. The molecular formula is C15H23N3O3. The summed E-state index contributed by atoms with van der Waals surface area (Å²) in [6.45, 7) is 7.11. The van der Waals surface area contributed by atoms with Crippen LogP contribution in [0.3, 0.4) is 0 Å². The minimum Gasteiger partial charge on any atom is -0.485 e. The van der Waals surface area contributed by atoms with Crippen molar-refractivity contribution >= 4 is 5.69 Å². The van der Waals surface area contributed by atoms with Crippen molar-refractivity contribution in [2.45, 2.75) is 26.3 Å². The summed E-state index contributed by atoms with van der Waals surface area (Å²) in [6.07, 6.45) is 2.47. The summed E-state index contributed by atoms with van der Waals surface area (Å²) in [5.41, 5.74) is 1.04. The second kappa shape index (κ2) is 7.95. The second-order valence-corrected chi connectivity index (χ2v) is 5.24. The summed E-state index contributed by atoms with van der Waals surface area (Å²) in [7, 11) is 0. The molecule has 0 bridgehead atoms. The number of ether oxygens (including phenoxy) is 1. The summed E-state index contributed by atoms with van der Waals surface area (Å²) < 4.78 is 5.67. The number of benzene rings is 1. The molecule has 0 spiro atoms. The van der Waals surface area contributed by atoms with Crippen LogP contribution in [0.5, 0.6) is 5.75 Å². The van der Waals surface area contributed by atoms with Crippen molar-refractivity contribution in [3.63, 3.8) is 0 Å². The average Bonchev–Trinajstić information content (AvgIpc) is 2.98. The molecule has 1 aromatic rings. The van der Waals surface area contributed by atoms with Crippen LogP contribution in [0.25, 0.3) is 0 Å². The molecule has 21 heavy (non-hydrogen) atoms. The molecule has 1 N–H and O–H groups in total. The minimum atomic E-state index is -0.387. The van der Waals surface area contributed by atoms with Crippen LogP contribution in [0.15, 0.2) is 18.2 Å². The van der Waals surface area contributed by atoms with E-state index in [2.05, 4.69) is 10.2 Å². The first-order valence-corrected chi connectivity index (χ1v) is 7.54. The van der Waals surface area contributed by atoms with E-state index >= 15 is 0 Å². The van der Waals surface area contributed by atoms with Gasteiger partial charge in [-0.25, -0.2) is 0 Å². The Kier molecular flexibility index (Phi) is 5.95. The number of nitro groups is 1. The quantitative estimate of drug-likeness (QED) is 0.588. The number of rotatable bonds is 8. The van der Waals surface area contributed by atoms with Gasteiger partial charge in [0, 0.05) is 19.2 Å². The van der Waals surface area contributed by atoms with Gasteiger partial charge in [0.05, 0.1) is 4.92 Å². The first kappa shape index (κ1) is 15.7. The molecule has 0 aliphatic carbocycles. The molecule has 116 valence electrons. The number of hydrogen-bond acceptors (Lipinski definition) is 5. The Hall–Kier alpha value is -1.66. The monoisotopic (exact) mass is 293 g/mol. The van der Waals surface area contributed by atoms with E-state index < -0.39 is 0 Å². The third-order valence-corrected chi connectivity index (χ3v) is 3.66. The maximum absolute atomic E-state index is 11.1. The molecule has 6 nitrogen and oxygen atoms in total. The molecule has 0 aromatic heterocycles. The Bertz CT molecular complexity index is 473. The second-order valence-electron chi connectivity index (χ2n) is 5.24. The Labute approximate surface area is 125 Å². The first-order valence-electron chi connectivity index (χ1n) is 7.54. The molecule has 1 aliphatic heterocycles. The topological polar surface area (TPSA) is 67.6 Å². The van der Waals surface area contributed by atoms with E-state index in [1.165, 1.54) is 18.9 Å². The number of hydrogen-bond donors (Lipinski definition) is 1. The van der Waals surface area contributed by atoms with Gasteiger partial charge in [0.1, 0.15) is 6.61 Å². The molecule has 0 unspecified atom stereocenters. The number of nitrogens with zero attached hydrogens (tertiary/aromatic N) is 2. The lowest BCUT2D eigenvalue weighted by Gasteiger charge is -2.15. The van der Waals surface area contributed by atoms with Gasteiger partial charge in [0.15, 0.2) is 5.75 Å². The van der Waals surface area contributed by atoms with Gasteiger partial charge < -0.3 is 10.1 Å². The average molecular weight is 293 g/mol. The highest BCUT2D eigenvalue weighted by atomic mass is 16.6. The molecule has 1 fully saturated rings. The lowest BCUT2D eigenvalue weighted by atomic mass is 10.2. The number of likely N-dealkylation sites (tertiary alicyclic amines) is 1. The van der Waals surface area contributed by atoms with Gasteiger partial charge in [0.2, 0.25) is 0 Å². The summed E-state index contributed by atoms with van der Waals surface area (Å²) in [4.78, 5) is 13.0. The van der Waals surface area contributed by atoms with Crippen LogP contribution in [-0.2, 0) is 6.54 Å². The normalized spacial score (nSPS) is 15.3. The Morgan fingerprint density at radius 3 is 2.81 bits per heavy atom. The van der Waals surface area contributed by atoms with E-state index in [4.69, 9.17) is 4.74 Å².